The van der Waals surface area contributed by atoms with Crippen molar-refractivity contribution in [3.63, 3.8) is 0 Å². The van der Waals surface area contributed by atoms with E-state index in [9.17, 15) is 13.5 Å². The molecule has 1 aliphatic carbocycles. The summed E-state index contributed by atoms with van der Waals surface area (Å²) >= 11 is 0. The van der Waals surface area contributed by atoms with Crippen molar-refractivity contribution < 1.29 is 13.5 Å². The maximum atomic E-state index is 10.9. The topological polar surface area (TPSA) is 54.4 Å². The summed E-state index contributed by atoms with van der Waals surface area (Å²) in [6.45, 7) is 0. The summed E-state index contributed by atoms with van der Waals surface area (Å²) in [5.41, 5.74) is 2.39. The maximum Gasteiger partial charge on any atom is 0.236 e. The van der Waals surface area contributed by atoms with Gasteiger partial charge in [-0.25, -0.2) is 8.42 Å². The molecule has 0 aliphatic heterocycles. The van der Waals surface area contributed by atoms with Crippen LogP contribution in [0.3, 0.4) is 0 Å². The third-order valence-corrected chi connectivity index (χ3v) is 3.65. The molecule has 15 heavy (non-hydrogen) atoms. The van der Waals surface area contributed by atoms with Gasteiger partial charge in [-0.3, -0.25) is 0 Å². The van der Waals surface area contributed by atoms with Gasteiger partial charge >= 0.3 is 0 Å². The lowest BCUT2D eigenvalue weighted by atomic mass is 10.1. The molecule has 0 amide bonds. The Labute approximate surface area is 93.1 Å². The van der Waals surface area contributed by atoms with Crippen molar-refractivity contribution in [2.75, 3.05) is 0 Å². The lowest BCUT2D eigenvalue weighted by Crippen LogP contribution is -1.97. The van der Waals surface area contributed by atoms with Gasteiger partial charge in [0.15, 0.2) is 0 Å². The fourth-order valence-electron chi connectivity index (χ4n) is 2.00. The molecule has 5 heteroatoms. The van der Waals surface area contributed by atoms with E-state index in [0.29, 0.717) is 5.56 Å². The highest BCUT2D eigenvalue weighted by molar-refractivity contribution is 8.13. The molecule has 82 valence electrons. The Kier molecular flexibility index (Phi) is 2.64. The van der Waals surface area contributed by atoms with Crippen molar-refractivity contribution in [2.24, 2.45) is 0 Å². The molecule has 1 N–H and O–H groups in total. The van der Waals surface area contributed by atoms with Crippen LogP contribution in [0.2, 0.25) is 0 Å². The van der Waals surface area contributed by atoms with E-state index in [1.54, 1.807) is 6.07 Å². The van der Waals surface area contributed by atoms with Crippen molar-refractivity contribution in [1.29, 1.82) is 0 Å². The molecular formula is C10H11ClO3S. The van der Waals surface area contributed by atoms with E-state index >= 15 is 0 Å². The summed E-state index contributed by atoms with van der Waals surface area (Å²) < 4.78 is 21.8. The average Bonchev–Trinajstić information content (AvgIpc) is 2.56. The van der Waals surface area contributed by atoms with E-state index in [1.165, 1.54) is 0 Å². The van der Waals surface area contributed by atoms with Crippen molar-refractivity contribution in [3.05, 3.63) is 28.8 Å². The highest BCUT2D eigenvalue weighted by atomic mass is 35.7. The van der Waals surface area contributed by atoms with Crippen LogP contribution >= 0.6 is 10.7 Å². The number of aryl methyl sites for hydroxylation is 1. The average molecular weight is 247 g/mol. The number of benzene rings is 1. The maximum absolute atomic E-state index is 10.9. The molecule has 0 saturated heterocycles. The zero-order chi connectivity index (χ0) is 11.1. The Bertz CT molecular complexity index is 494. The first-order chi connectivity index (χ1) is 6.97. The standard InChI is InChI=1S/C10H11ClO3S/c11-15(13,14)6-8-5-4-7-2-1-3-9(7)10(8)12/h4-5,12H,1-3,6H2. The second-order valence-electron chi connectivity index (χ2n) is 3.75. The molecule has 1 aliphatic rings. The van der Waals surface area contributed by atoms with E-state index in [4.69, 9.17) is 10.7 Å². The van der Waals surface area contributed by atoms with Crippen LogP contribution in [0.4, 0.5) is 0 Å². The van der Waals surface area contributed by atoms with Crippen molar-refractivity contribution in [3.8, 4) is 5.75 Å². The van der Waals surface area contributed by atoms with E-state index in [2.05, 4.69) is 0 Å². The molecule has 0 heterocycles. The molecule has 0 unspecified atom stereocenters. The van der Waals surface area contributed by atoms with Crippen molar-refractivity contribution in [1.82, 2.24) is 0 Å². The van der Waals surface area contributed by atoms with Crippen LogP contribution in [-0.4, -0.2) is 13.5 Å². The number of aromatic hydroxyl groups is 1. The van der Waals surface area contributed by atoms with E-state index in [0.717, 1.165) is 30.4 Å². The van der Waals surface area contributed by atoms with Crippen LogP contribution in [0.5, 0.6) is 5.75 Å². The summed E-state index contributed by atoms with van der Waals surface area (Å²) in [6.07, 6.45) is 2.79. The minimum Gasteiger partial charge on any atom is -0.507 e. The monoisotopic (exact) mass is 246 g/mol. The Morgan fingerprint density at radius 1 is 1.33 bits per heavy atom. The second-order valence-corrected chi connectivity index (χ2v) is 6.52. The fraction of sp³-hybridized carbons (Fsp3) is 0.400. The van der Waals surface area contributed by atoms with Crippen LogP contribution < -0.4 is 0 Å². The Morgan fingerprint density at radius 2 is 2.07 bits per heavy atom. The van der Waals surface area contributed by atoms with Crippen LogP contribution in [0.25, 0.3) is 0 Å². The normalized spacial score (nSPS) is 15.3. The Morgan fingerprint density at radius 3 is 2.73 bits per heavy atom. The first-order valence-corrected chi connectivity index (χ1v) is 7.20. The van der Waals surface area contributed by atoms with Crippen LogP contribution in [-0.2, 0) is 27.6 Å². The predicted octanol–water partition coefficient (Wildman–Crippen LogP) is 1.95. The predicted molar refractivity (Wildman–Crippen MR) is 58.6 cm³/mol. The third-order valence-electron chi connectivity index (χ3n) is 2.66. The molecular weight excluding hydrogens is 236 g/mol. The summed E-state index contributed by atoms with van der Waals surface area (Å²) in [7, 11) is 1.55. The first kappa shape index (κ1) is 10.8. The largest absolute Gasteiger partial charge is 0.507 e. The van der Waals surface area contributed by atoms with Gasteiger partial charge in [-0.05, 0) is 30.4 Å². The number of phenols is 1. The highest BCUT2D eigenvalue weighted by Gasteiger charge is 2.19. The Hall–Kier alpha value is -0.740. The van der Waals surface area contributed by atoms with Crippen molar-refractivity contribution in [2.45, 2.75) is 25.0 Å². The molecule has 0 bridgehead atoms. The molecule has 0 fully saturated rings. The van der Waals surface area contributed by atoms with Gasteiger partial charge in [0.2, 0.25) is 9.05 Å². The van der Waals surface area contributed by atoms with Gasteiger partial charge in [0.05, 0.1) is 5.75 Å². The summed E-state index contributed by atoms with van der Waals surface area (Å²) in [4.78, 5) is 0. The van der Waals surface area contributed by atoms with Gasteiger partial charge < -0.3 is 5.11 Å². The van der Waals surface area contributed by atoms with Gasteiger partial charge in [0, 0.05) is 16.2 Å². The number of halogens is 1. The molecule has 0 radical (unpaired) electrons. The van der Waals surface area contributed by atoms with Gasteiger partial charge in [-0.15, -0.1) is 0 Å². The van der Waals surface area contributed by atoms with E-state index in [-0.39, 0.29) is 11.5 Å². The molecule has 1 aromatic carbocycles. The van der Waals surface area contributed by atoms with E-state index < -0.39 is 9.05 Å². The Balaban J connectivity index is 2.43. The second kappa shape index (κ2) is 3.68. The lowest BCUT2D eigenvalue weighted by Gasteiger charge is -2.07. The zero-order valence-electron chi connectivity index (χ0n) is 8.03. The minimum atomic E-state index is -3.60. The minimum absolute atomic E-state index is 0.106. The summed E-state index contributed by atoms with van der Waals surface area (Å²) in [5.74, 6) is -0.206. The number of phenolic OH excluding ortho intramolecular Hbond substituents is 1. The number of fused-ring (bicyclic) bond motifs is 1. The van der Waals surface area contributed by atoms with Crippen molar-refractivity contribution >= 4 is 19.7 Å². The van der Waals surface area contributed by atoms with Crippen LogP contribution in [0.1, 0.15) is 23.1 Å². The van der Waals surface area contributed by atoms with Gasteiger partial charge in [0.25, 0.3) is 0 Å². The van der Waals surface area contributed by atoms with Gasteiger partial charge in [-0.1, -0.05) is 12.1 Å². The smallest absolute Gasteiger partial charge is 0.236 e. The highest BCUT2D eigenvalue weighted by Crippen LogP contribution is 2.33. The van der Waals surface area contributed by atoms with E-state index in [1.807, 2.05) is 6.07 Å². The molecule has 1 aromatic rings. The molecule has 0 spiro atoms. The first-order valence-electron chi connectivity index (χ1n) is 4.72. The number of hydrogen-bond donors (Lipinski definition) is 1. The molecule has 0 atom stereocenters. The lowest BCUT2D eigenvalue weighted by molar-refractivity contribution is 0.464. The molecule has 0 aromatic heterocycles. The number of hydrogen-bond acceptors (Lipinski definition) is 3. The molecule has 2 rings (SSSR count). The summed E-state index contributed by atoms with van der Waals surface area (Å²) in [6, 6.07) is 3.51. The SMILES string of the molecule is O=S(=O)(Cl)Cc1ccc2c(c1O)CCC2. The fourth-order valence-corrected chi connectivity index (χ4v) is 2.95. The quantitative estimate of drug-likeness (QED) is 0.812. The molecule has 0 saturated carbocycles. The van der Waals surface area contributed by atoms with Crippen LogP contribution in [0.15, 0.2) is 12.1 Å². The zero-order valence-corrected chi connectivity index (χ0v) is 9.61. The third kappa shape index (κ3) is 2.26. The summed E-state index contributed by atoms with van der Waals surface area (Å²) in [5, 5.41) is 9.85. The van der Waals surface area contributed by atoms with Gasteiger partial charge in [0.1, 0.15) is 5.75 Å². The molecule has 3 nitrogen and oxygen atoms in total. The number of rotatable bonds is 2. The van der Waals surface area contributed by atoms with Crippen LogP contribution in [0, 0.1) is 0 Å². The van der Waals surface area contributed by atoms with Gasteiger partial charge in [-0.2, -0.15) is 0 Å².